The number of carbonyl (C=O) groups excluding carboxylic acids is 2. The molecule has 6 nitrogen and oxygen atoms in total. The van der Waals surface area contributed by atoms with Gasteiger partial charge in [0.25, 0.3) is 5.91 Å². The maximum absolute atomic E-state index is 12.3. The number of hydrogen-bond donors (Lipinski definition) is 1. The second-order valence-electron chi connectivity index (χ2n) is 6.11. The van der Waals surface area contributed by atoms with Crippen LogP contribution >= 0.6 is 11.6 Å². The predicted molar refractivity (Wildman–Crippen MR) is 99.5 cm³/mol. The van der Waals surface area contributed by atoms with E-state index in [4.69, 9.17) is 21.1 Å². The Hall–Kier alpha value is -2.60. The smallest absolute Gasteiger partial charge is 0.339 e. The van der Waals surface area contributed by atoms with Gasteiger partial charge in [0.2, 0.25) is 0 Å². The van der Waals surface area contributed by atoms with Crippen LogP contribution in [-0.2, 0) is 9.53 Å². The zero-order valence-electron chi connectivity index (χ0n) is 14.9. The summed E-state index contributed by atoms with van der Waals surface area (Å²) in [6.07, 6.45) is 0.509. The molecule has 0 bridgehead atoms. The molecule has 0 saturated carbocycles. The minimum Gasteiger partial charge on any atom is -0.493 e. The maximum Gasteiger partial charge on any atom is 0.339 e. The molecule has 26 heavy (non-hydrogen) atoms. The Balaban J connectivity index is 1.97. The standard InChI is InChI=1S/C19H21ClN2O4/c1-12(2)11-25-15-7-4-6-14(10-15)19(24)26-13(3)18(23)22-16-8-5-9-21-17(16)20/h4-10,12-13H,11H2,1-3H3,(H,22,23). The van der Waals surface area contributed by atoms with Gasteiger partial charge in [0, 0.05) is 6.20 Å². The minimum absolute atomic E-state index is 0.161. The Kier molecular flexibility index (Phi) is 6.97. The zero-order chi connectivity index (χ0) is 19.1. The number of rotatable bonds is 7. The highest BCUT2D eigenvalue weighted by Gasteiger charge is 2.20. The zero-order valence-corrected chi connectivity index (χ0v) is 15.6. The quantitative estimate of drug-likeness (QED) is 0.584. The van der Waals surface area contributed by atoms with Crippen molar-refractivity contribution in [1.82, 2.24) is 4.98 Å². The number of ether oxygens (including phenoxy) is 2. The lowest BCUT2D eigenvalue weighted by atomic mass is 10.2. The van der Waals surface area contributed by atoms with Crippen molar-refractivity contribution in [2.45, 2.75) is 26.9 Å². The van der Waals surface area contributed by atoms with Gasteiger partial charge in [-0.3, -0.25) is 4.79 Å². The fourth-order valence-electron chi connectivity index (χ4n) is 1.97. The van der Waals surface area contributed by atoms with E-state index in [0.717, 1.165) is 0 Å². The molecule has 0 spiro atoms. The molecule has 1 N–H and O–H groups in total. The number of anilines is 1. The fourth-order valence-corrected chi connectivity index (χ4v) is 2.14. The normalized spacial score (nSPS) is 11.7. The van der Waals surface area contributed by atoms with Crippen LogP contribution in [0.2, 0.25) is 5.15 Å². The lowest BCUT2D eigenvalue weighted by molar-refractivity contribution is -0.123. The van der Waals surface area contributed by atoms with Crippen molar-refractivity contribution in [2.75, 3.05) is 11.9 Å². The number of carbonyl (C=O) groups is 2. The van der Waals surface area contributed by atoms with Crippen molar-refractivity contribution in [3.05, 3.63) is 53.3 Å². The first-order chi connectivity index (χ1) is 12.4. The summed E-state index contributed by atoms with van der Waals surface area (Å²) in [7, 11) is 0. The van der Waals surface area contributed by atoms with Gasteiger partial charge >= 0.3 is 5.97 Å². The van der Waals surface area contributed by atoms with Crippen LogP contribution in [0.1, 0.15) is 31.1 Å². The van der Waals surface area contributed by atoms with Gasteiger partial charge in [-0.25, -0.2) is 9.78 Å². The molecule has 1 aromatic heterocycles. The molecule has 1 unspecified atom stereocenters. The van der Waals surface area contributed by atoms with E-state index in [-0.39, 0.29) is 5.15 Å². The first-order valence-corrected chi connectivity index (χ1v) is 8.60. The number of amides is 1. The predicted octanol–water partition coefficient (Wildman–Crippen LogP) is 3.95. The molecule has 0 radical (unpaired) electrons. The Bertz CT molecular complexity index is 780. The maximum atomic E-state index is 12.3. The van der Waals surface area contributed by atoms with E-state index in [1.54, 1.807) is 36.4 Å². The molecule has 0 saturated heterocycles. The molecule has 1 amide bonds. The molecule has 0 aliphatic carbocycles. The molecular weight excluding hydrogens is 356 g/mol. The van der Waals surface area contributed by atoms with Crippen molar-refractivity contribution in [1.29, 1.82) is 0 Å². The third-order valence-electron chi connectivity index (χ3n) is 3.32. The van der Waals surface area contributed by atoms with Crippen molar-refractivity contribution in [2.24, 2.45) is 5.92 Å². The summed E-state index contributed by atoms with van der Waals surface area (Å²) < 4.78 is 10.8. The molecule has 1 heterocycles. The van der Waals surface area contributed by atoms with E-state index < -0.39 is 18.0 Å². The van der Waals surface area contributed by atoms with E-state index in [1.165, 1.54) is 13.1 Å². The van der Waals surface area contributed by atoms with Crippen LogP contribution in [0, 0.1) is 5.92 Å². The first-order valence-electron chi connectivity index (χ1n) is 8.22. The lowest BCUT2D eigenvalue weighted by Gasteiger charge is -2.14. The Morgan fingerprint density at radius 2 is 1.96 bits per heavy atom. The number of benzene rings is 1. The summed E-state index contributed by atoms with van der Waals surface area (Å²) in [4.78, 5) is 28.3. The molecule has 1 atom stereocenters. The third-order valence-corrected chi connectivity index (χ3v) is 3.62. The van der Waals surface area contributed by atoms with Gasteiger partial charge in [0.05, 0.1) is 17.9 Å². The van der Waals surface area contributed by atoms with Gasteiger partial charge in [-0.05, 0) is 43.2 Å². The molecule has 2 aromatic rings. The molecule has 0 aliphatic heterocycles. The van der Waals surface area contributed by atoms with E-state index >= 15 is 0 Å². The molecule has 0 fully saturated rings. The highest BCUT2D eigenvalue weighted by atomic mass is 35.5. The summed E-state index contributed by atoms with van der Waals surface area (Å²) >= 11 is 5.90. The van der Waals surface area contributed by atoms with Crippen molar-refractivity contribution in [3.8, 4) is 5.75 Å². The third kappa shape index (κ3) is 5.74. The van der Waals surface area contributed by atoms with E-state index in [9.17, 15) is 9.59 Å². The molecule has 2 rings (SSSR count). The first kappa shape index (κ1) is 19.7. The average Bonchev–Trinajstić information content (AvgIpc) is 2.62. The Labute approximate surface area is 157 Å². The molecule has 7 heteroatoms. The van der Waals surface area contributed by atoms with Gasteiger partial charge in [0.1, 0.15) is 5.75 Å². The van der Waals surface area contributed by atoms with Crippen LogP contribution in [0.15, 0.2) is 42.6 Å². The highest BCUT2D eigenvalue weighted by molar-refractivity contribution is 6.32. The SMILES string of the molecule is CC(C)COc1cccc(C(=O)OC(C)C(=O)Nc2cccnc2Cl)c1. The summed E-state index contributed by atoms with van der Waals surface area (Å²) in [5, 5.41) is 2.74. The van der Waals surface area contributed by atoms with Gasteiger partial charge in [-0.15, -0.1) is 0 Å². The van der Waals surface area contributed by atoms with Crippen molar-refractivity contribution >= 4 is 29.2 Å². The summed E-state index contributed by atoms with van der Waals surface area (Å²) in [5.74, 6) is -0.165. The average molecular weight is 377 g/mol. The number of nitrogens with one attached hydrogen (secondary N) is 1. The van der Waals surface area contributed by atoms with Gasteiger partial charge < -0.3 is 14.8 Å². The molecule has 138 valence electrons. The van der Waals surface area contributed by atoms with E-state index in [1.807, 2.05) is 13.8 Å². The fraction of sp³-hybridized carbons (Fsp3) is 0.316. The van der Waals surface area contributed by atoms with E-state index in [0.29, 0.717) is 29.5 Å². The van der Waals surface area contributed by atoms with Crippen molar-refractivity contribution < 1.29 is 19.1 Å². The second kappa shape index (κ2) is 9.20. The number of esters is 1. The number of pyridine rings is 1. The Morgan fingerprint density at radius 1 is 1.19 bits per heavy atom. The van der Waals surface area contributed by atoms with Crippen LogP contribution in [0.3, 0.4) is 0 Å². The summed E-state index contributed by atoms with van der Waals surface area (Å²) in [6.45, 7) is 6.10. The summed E-state index contributed by atoms with van der Waals surface area (Å²) in [6, 6.07) is 9.91. The largest absolute Gasteiger partial charge is 0.493 e. The summed E-state index contributed by atoms with van der Waals surface area (Å²) in [5.41, 5.74) is 0.663. The Morgan fingerprint density at radius 3 is 2.65 bits per heavy atom. The lowest BCUT2D eigenvalue weighted by Crippen LogP contribution is -2.30. The number of nitrogens with zero attached hydrogens (tertiary/aromatic N) is 1. The van der Waals surface area contributed by atoms with Crippen LogP contribution < -0.4 is 10.1 Å². The van der Waals surface area contributed by atoms with Crippen molar-refractivity contribution in [3.63, 3.8) is 0 Å². The number of hydrogen-bond acceptors (Lipinski definition) is 5. The number of aromatic nitrogens is 1. The topological polar surface area (TPSA) is 77.5 Å². The molecule has 0 aliphatic rings. The van der Waals surface area contributed by atoms with Gasteiger partial charge in [-0.1, -0.05) is 31.5 Å². The van der Waals surface area contributed by atoms with Gasteiger partial charge in [0.15, 0.2) is 11.3 Å². The molecule has 1 aromatic carbocycles. The van der Waals surface area contributed by atoms with Gasteiger partial charge in [-0.2, -0.15) is 0 Å². The second-order valence-corrected chi connectivity index (χ2v) is 6.47. The monoisotopic (exact) mass is 376 g/mol. The van der Waals surface area contributed by atoms with Crippen LogP contribution in [0.5, 0.6) is 5.75 Å². The van der Waals surface area contributed by atoms with Crippen LogP contribution in [-0.4, -0.2) is 29.6 Å². The van der Waals surface area contributed by atoms with Crippen LogP contribution in [0.4, 0.5) is 5.69 Å². The van der Waals surface area contributed by atoms with E-state index in [2.05, 4.69) is 10.3 Å². The highest BCUT2D eigenvalue weighted by Crippen LogP contribution is 2.19. The minimum atomic E-state index is -1.00. The number of halogens is 1. The van der Waals surface area contributed by atoms with Crippen LogP contribution in [0.25, 0.3) is 0 Å². The molecular formula is C19H21ClN2O4.